The predicted octanol–water partition coefficient (Wildman–Crippen LogP) is 2.67. The number of esters is 1. The summed E-state index contributed by atoms with van der Waals surface area (Å²) in [6.45, 7) is 8.43. The van der Waals surface area contributed by atoms with Crippen LogP contribution in [0.2, 0.25) is 0 Å². The van der Waals surface area contributed by atoms with Crippen molar-refractivity contribution >= 4 is 18.2 Å². The van der Waals surface area contributed by atoms with E-state index in [9.17, 15) is 18.8 Å². The van der Waals surface area contributed by atoms with Crippen LogP contribution in [0.4, 0.5) is 14.0 Å². The van der Waals surface area contributed by atoms with E-state index >= 15 is 0 Å². The van der Waals surface area contributed by atoms with Gasteiger partial charge in [-0.05, 0) is 26.7 Å². The predicted molar refractivity (Wildman–Crippen MR) is 78.5 cm³/mol. The van der Waals surface area contributed by atoms with Gasteiger partial charge in [-0.3, -0.25) is 4.90 Å². The molecule has 0 aliphatic carbocycles. The molecule has 0 radical (unpaired) electrons. The molecule has 0 aromatic heterocycles. The van der Waals surface area contributed by atoms with E-state index in [1.807, 2.05) is 13.8 Å². The molecule has 0 saturated carbocycles. The van der Waals surface area contributed by atoms with E-state index < -0.39 is 36.0 Å². The molecule has 1 amide bonds. The van der Waals surface area contributed by atoms with E-state index in [0.29, 0.717) is 0 Å². The Kier molecular flexibility index (Phi) is 6.35. The second-order valence-corrected chi connectivity index (χ2v) is 6.86. The minimum Gasteiger partial charge on any atom is -0.444 e. The highest BCUT2D eigenvalue weighted by Crippen LogP contribution is 2.24. The van der Waals surface area contributed by atoms with Crippen LogP contribution in [0.5, 0.6) is 0 Å². The van der Waals surface area contributed by atoms with Gasteiger partial charge >= 0.3 is 18.2 Å². The van der Waals surface area contributed by atoms with Crippen molar-refractivity contribution < 1.29 is 33.0 Å². The number of likely N-dealkylation sites (tertiary alicyclic amines) is 1. The van der Waals surface area contributed by atoms with Crippen molar-refractivity contribution in [2.45, 2.75) is 58.9 Å². The van der Waals surface area contributed by atoms with Gasteiger partial charge < -0.3 is 14.2 Å². The summed E-state index contributed by atoms with van der Waals surface area (Å²) in [7, 11) is 0. The molecule has 1 rings (SSSR count). The average Bonchev–Trinajstić information content (AvgIpc) is 2.76. The van der Waals surface area contributed by atoms with Crippen molar-refractivity contribution in [1.82, 2.24) is 4.90 Å². The first-order valence-corrected chi connectivity index (χ1v) is 7.51. The molecule has 0 N–H and O–H groups in total. The van der Waals surface area contributed by atoms with E-state index in [2.05, 4.69) is 4.74 Å². The number of hydrogen-bond acceptors (Lipinski definition) is 6. The topological polar surface area (TPSA) is 82.1 Å². The van der Waals surface area contributed by atoms with Gasteiger partial charge in [0.1, 0.15) is 17.8 Å². The van der Waals surface area contributed by atoms with Crippen molar-refractivity contribution in [3.05, 3.63) is 0 Å². The van der Waals surface area contributed by atoms with E-state index in [4.69, 9.17) is 9.47 Å². The summed E-state index contributed by atoms with van der Waals surface area (Å²) >= 11 is 0. The van der Waals surface area contributed by atoms with Gasteiger partial charge in [-0.2, -0.15) is 0 Å². The first-order valence-electron chi connectivity index (χ1n) is 7.51. The summed E-state index contributed by atoms with van der Waals surface area (Å²) in [4.78, 5) is 36.4. The maximum absolute atomic E-state index is 13.6. The van der Waals surface area contributed by atoms with E-state index in [1.165, 1.54) is 0 Å². The largest absolute Gasteiger partial charge is 0.516 e. The Morgan fingerprint density at radius 2 is 1.87 bits per heavy atom. The number of alkyl halides is 1. The molecule has 2 atom stereocenters. The third-order valence-electron chi connectivity index (χ3n) is 2.87. The number of nitrogens with zero attached hydrogens (tertiary/aromatic N) is 1. The van der Waals surface area contributed by atoms with Crippen LogP contribution in [-0.4, -0.2) is 54.1 Å². The smallest absolute Gasteiger partial charge is 0.444 e. The first-order chi connectivity index (χ1) is 10.5. The number of carbonyl (C=O) groups excluding carboxylic acids is 3. The zero-order valence-electron chi connectivity index (χ0n) is 14.1. The molecule has 132 valence electrons. The molecular weight excluding hydrogens is 309 g/mol. The van der Waals surface area contributed by atoms with Crippen molar-refractivity contribution in [3.8, 4) is 0 Å². The molecule has 1 fully saturated rings. The number of halogens is 1. The lowest BCUT2D eigenvalue weighted by atomic mass is 10.2. The van der Waals surface area contributed by atoms with Gasteiger partial charge in [-0.15, -0.1) is 0 Å². The van der Waals surface area contributed by atoms with Gasteiger partial charge in [0, 0.05) is 6.42 Å². The van der Waals surface area contributed by atoms with Crippen LogP contribution in [0.1, 0.15) is 41.0 Å². The minimum atomic E-state index is -1.38. The Bertz CT molecular complexity index is 459. The molecule has 23 heavy (non-hydrogen) atoms. The lowest BCUT2D eigenvalue weighted by molar-refractivity contribution is -0.145. The maximum Gasteiger partial charge on any atom is 0.516 e. The number of hydrogen-bond donors (Lipinski definition) is 0. The van der Waals surface area contributed by atoms with Gasteiger partial charge in [0.15, 0.2) is 0 Å². The van der Waals surface area contributed by atoms with Gasteiger partial charge in [0.05, 0.1) is 13.2 Å². The highest BCUT2D eigenvalue weighted by atomic mass is 19.1. The lowest BCUT2D eigenvalue weighted by Gasteiger charge is -2.27. The molecule has 8 heteroatoms. The highest BCUT2D eigenvalue weighted by molar-refractivity contribution is 5.88. The minimum absolute atomic E-state index is 0.0811. The number of ether oxygens (including phenoxy) is 3. The second kappa shape index (κ2) is 7.61. The molecule has 1 aliphatic heterocycles. The number of carbonyl (C=O) groups is 3. The second-order valence-electron chi connectivity index (χ2n) is 6.86. The van der Waals surface area contributed by atoms with Crippen LogP contribution in [0.3, 0.4) is 0 Å². The summed E-state index contributed by atoms with van der Waals surface area (Å²) in [6.07, 6.45) is -3.60. The molecule has 0 unspecified atom stereocenters. The summed E-state index contributed by atoms with van der Waals surface area (Å²) in [5, 5.41) is 0. The Labute approximate surface area is 135 Å². The van der Waals surface area contributed by atoms with Gasteiger partial charge in [-0.1, -0.05) is 13.8 Å². The van der Waals surface area contributed by atoms with Gasteiger partial charge in [0.2, 0.25) is 0 Å². The SMILES string of the molecule is CC(C)COC(=O)OC(=O)[C@@H]1C[C@H](F)CN1C(=O)OC(C)(C)C. The Hall–Kier alpha value is -1.86. The monoisotopic (exact) mass is 333 g/mol. The maximum atomic E-state index is 13.6. The van der Waals surface area contributed by atoms with Gasteiger partial charge in [-0.25, -0.2) is 18.8 Å². The fourth-order valence-corrected chi connectivity index (χ4v) is 1.94. The van der Waals surface area contributed by atoms with Crippen molar-refractivity contribution in [2.75, 3.05) is 13.2 Å². The lowest BCUT2D eigenvalue weighted by Crippen LogP contribution is -2.44. The standard InChI is InChI=1S/C15H24FNO6/c1-9(2)8-21-14(20)22-12(18)11-6-10(16)7-17(11)13(19)23-15(3,4)5/h9-11H,6-8H2,1-5H3/t10-,11-/m0/s1. The van der Waals surface area contributed by atoms with Crippen molar-refractivity contribution in [2.24, 2.45) is 5.92 Å². The molecule has 0 aromatic carbocycles. The zero-order chi connectivity index (χ0) is 17.8. The quantitative estimate of drug-likeness (QED) is 0.583. The molecular formula is C15H24FNO6. The van der Waals surface area contributed by atoms with Gasteiger partial charge in [0.25, 0.3) is 0 Å². The van der Waals surface area contributed by atoms with E-state index in [-0.39, 0.29) is 25.5 Å². The molecule has 0 spiro atoms. The van der Waals surface area contributed by atoms with Crippen molar-refractivity contribution in [1.29, 1.82) is 0 Å². The first kappa shape index (κ1) is 19.2. The third-order valence-corrected chi connectivity index (χ3v) is 2.87. The summed E-state index contributed by atoms with van der Waals surface area (Å²) in [5.74, 6) is -0.942. The molecule has 0 bridgehead atoms. The number of rotatable bonds is 3. The Morgan fingerprint density at radius 1 is 1.26 bits per heavy atom. The van der Waals surface area contributed by atoms with Crippen LogP contribution in [-0.2, 0) is 19.0 Å². The highest BCUT2D eigenvalue weighted by Gasteiger charge is 2.43. The fraction of sp³-hybridized carbons (Fsp3) is 0.800. The normalized spacial score (nSPS) is 21.3. The number of amides is 1. The molecule has 1 saturated heterocycles. The average molecular weight is 333 g/mol. The molecule has 1 heterocycles. The van der Waals surface area contributed by atoms with Crippen LogP contribution >= 0.6 is 0 Å². The Morgan fingerprint density at radius 3 is 2.39 bits per heavy atom. The summed E-state index contributed by atoms with van der Waals surface area (Å²) in [6, 6.07) is -1.20. The van der Waals surface area contributed by atoms with E-state index in [1.54, 1.807) is 20.8 Å². The molecule has 1 aliphatic rings. The van der Waals surface area contributed by atoms with Crippen LogP contribution in [0, 0.1) is 5.92 Å². The van der Waals surface area contributed by atoms with Crippen molar-refractivity contribution in [3.63, 3.8) is 0 Å². The van der Waals surface area contributed by atoms with Crippen LogP contribution < -0.4 is 0 Å². The third kappa shape index (κ3) is 6.42. The summed E-state index contributed by atoms with van der Waals surface area (Å²) < 4.78 is 28.0. The van der Waals surface area contributed by atoms with Crippen LogP contribution in [0.25, 0.3) is 0 Å². The Balaban J connectivity index is 2.66. The van der Waals surface area contributed by atoms with E-state index in [0.717, 1.165) is 4.90 Å². The molecule has 7 nitrogen and oxygen atoms in total. The van der Waals surface area contributed by atoms with Crippen LogP contribution in [0.15, 0.2) is 0 Å². The summed E-state index contributed by atoms with van der Waals surface area (Å²) in [5.41, 5.74) is -0.782. The molecule has 0 aromatic rings. The fourth-order valence-electron chi connectivity index (χ4n) is 1.94. The zero-order valence-corrected chi connectivity index (χ0v) is 14.1.